The van der Waals surface area contributed by atoms with Crippen molar-refractivity contribution in [3.8, 4) is 0 Å². The molecule has 4 aliphatic rings. The largest absolute Gasteiger partial charge is 0.334 e. The molecule has 2 saturated carbocycles. The Kier molecular flexibility index (Phi) is 4.92. The number of nitrogens with one attached hydrogen (secondary N) is 1. The molecule has 9 heteroatoms. The minimum atomic E-state index is -3.11. The molecule has 0 aromatic heterocycles. The molecule has 0 aromatic carbocycles. The Morgan fingerprint density at radius 2 is 1.82 bits per heavy atom. The molecule has 1 spiro atoms. The lowest BCUT2D eigenvalue weighted by molar-refractivity contribution is -0.141. The summed E-state index contributed by atoms with van der Waals surface area (Å²) in [5.41, 5.74) is -0.857. The van der Waals surface area contributed by atoms with E-state index in [1.165, 1.54) is 0 Å². The first kappa shape index (κ1) is 19.7. The zero-order chi connectivity index (χ0) is 20.1. The van der Waals surface area contributed by atoms with Crippen LogP contribution in [0.1, 0.15) is 58.3 Å². The van der Waals surface area contributed by atoms with Gasteiger partial charge in [-0.05, 0) is 50.9 Å². The third-order valence-electron chi connectivity index (χ3n) is 6.91. The minimum absolute atomic E-state index is 0.0161. The monoisotopic (exact) mass is 411 g/mol. The van der Waals surface area contributed by atoms with Crippen LogP contribution in [0.15, 0.2) is 0 Å². The molecule has 4 amide bonds. The summed E-state index contributed by atoms with van der Waals surface area (Å²) in [5, 5.41) is 2.86. The van der Waals surface area contributed by atoms with Crippen molar-refractivity contribution >= 4 is 27.7 Å². The van der Waals surface area contributed by atoms with Gasteiger partial charge in [-0.25, -0.2) is 13.2 Å². The van der Waals surface area contributed by atoms with Gasteiger partial charge in [-0.3, -0.25) is 14.5 Å². The van der Waals surface area contributed by atoms with Gasteiger partial charge >= 0.3 is 6.03 Å². The Morgan fingerprint density at radius 3 is 2.36 bits per heavy atom. The van der Waals surface area contributed by atoms with Crippen LogP contribution in [0.2, 0.25) is 0 Å². The summed E-state index contributed by atoms with van der Waals surface area (Å²) in [6.45, 7) is 1.84. The molecular formula is C19H29N3O5S. The van der Waals surface area contributed by atoms with Crippen LogP contribution in [0, 0.1) is 5.92 Å². The van der Waals surface area contributed by atoms with Crippen molar-refractivity contribution in [1.29, 1.82) is 0 Å². The molecule has 1 N–H and O–H groups in total. The summed E-state index contributed by atoms with van der Waals surface area (Å²) in [5.74, 6) is 0.0553. The van der Waals surface area contributed by atoms with Gasteiger partial charge in [0.1, 0.15) is 12.1 Å². The van der Waals surface area contributed by atoms with Gasteiger partial charge in [0.25, 0.3) is 5.91 Å². The lowest BCUT2D eigenvalue weighted by atomic mass is 9.75. The van der Waals surface area contributed by atoms with E-state index >= 15 is 0 Å². The van der Waals surface area contributed by atoms with Gasteiger partial charge in [0.2, 0.25) is 5.91 Å². The Morgan fingerprint density at radius 1 is 1.14 bits per heavy atom. The Labute approximate surface area is 165 Å². The first-order valence-electron chi connectivity index (χ1n) is 10.4. The lowest BCUT2D eigenvalue weighted by Crippen LogP contribution is -2.51. The zero-order valence-electron chi connectivity index (χ0n) is 16.4. The van der Waals surface area contributed by atoms with E-state index in [0.717, 1.165) is 37.0 Å². The van der Waals surface area contributed by atoms with E-state index in [4.69, 9.17) is 0 Å². The maximum Gasteiger partial charge on any atom is 0.325 e. The number of carbonyl (C=O) groups excluding carboxylic acids is 3. The summed E-state index contributed by atoms with van der Waals surface area (Å²) in [6, 6.07) is -0.789. The van der Waals surface area contributed by atoms with E-state index in [2.05, 4.69) is 12.2 Å². The van der Waals surface area contributed by atoms with E-state index in [-0.39, 0.29) is 41.9 Å². The topological polar surface area (TPSA) is 104 Å². The summed E-state index contributed by atoms with van der Waals surface area (Å²) in [6.07, 6.45) is 6.25. The van der Waals surface area contributed by atoms with Gasteiger partial charge < -0.3 is 10.2 Å². The number of hydrogen-bond acceptors (Lipinski definition) is 5. The lowest BCUT2D eigenvalue weighted by Gasteiger charge is -2.34. The quantitative estimate of drug-likeness (QED) is 0.681. The highest BCUT2D eigenvalue weighted by Gasteiger charge is 2.53. The van der Waals surface area contributed by atoms with E-state index in [9.17, 15) is 22.8 Å². The molecule has 0 radical (unpaired) electrons. The highest BCUT2D eigenvalue weighted by molar-refractivity contribution is 7.91. The van der Waals surface area contributed by atoms with Crippen LogP contribution < -0.4 is 5.32 Å². The summed E-state index contributed by atoms with van der Waals surface area (Å²) < 4.78 is 23.7. The molecule has 2 aliphatic heterocycles. The van der Waals surface area contributed by atoms with Crippen LogP contribution in [0.4, 0.5) is 4.79 Å². The molecule has 8 nitrogen and oxygen atoms in total. The van der Waals surface area contributed by atoms with Gasteiger partial charge in [-0.15, -0.1) is 0 Å². The third-order valence-corrected chi connectivity index (χ3v) is 8.66. The maximum atomic E-state index is 13.0. The van der Waals surface area contributed by atoms with Crippen LogP contribution >= 0.6 is 0 Å². The molecule has 2 heterocycles. The predicted molar refractivity (Wildman–Crippen MR) is 102 cm³/mol. The highest BCUT2D eigenvalue weighted by atomic mass is 32.2. The number of urea groups is 1. The van der Waals surface area contributed by atoms with Crippen molar-refractivity contribution in [3.05, 3.63) is 0 Å². The molecule has 1 atom stereocenters. The second-order valence-electron chi connectivity index (χ2n) is 8.84. The second kappa shape index (κ2) is 7.00. The van der Waals surface area contributed by atoms with Crippen LogP contribution in [-0.2, 0) is 19.4 Å². The van der Waals surface area contributed by atoms with Gasteiger partial charge in [0.15, 0.2) is 9.84 Å². The molecule has 28 heavy (non-hydrogen) atoms. The number of rotatable bonds is 5. The second-order valence-corrected chi connectivity index (χ2v) is 11.1. The minimum Gasteiger partial charge on any atom is -0.334 e. The average molecular weight is 412 g/mol. The Balaban J connectivity index is 1.45. The number of hydrogen-bond donors (Lipinski definition) is 1. The third kappa shape index (κ3) is 3.53. The molecule has 0 unspecified atom stereocenters. The number of imide groups is 1. The van der Waals surface area contributed by atoms with Gasteiger partial charge in [-0.2, -0.15) is 0 Å². The van der Waals surface area contributed by atoms with E-state index < -0.39 is 21.4 Å². The Bertz CT molecular complexity index is 783. The molecule has 0 aromatic rings. The zero-order valence-corrected chi connectivity index (χ0v) is 17.2. The first-order valence-corrected chi connectivity index (χ1v) is 12.2. The van der Waals surface area contributed by atoms with Gasteiger partial charge in [0, 0.05) is 12.1 Å². The molecule has 4 rings (SSSR count). The molecule has 0 bridgehead atoms. The maximum absolute atomic E-state index is 13.0. The van der Waals surface area contributed by atoms with E-state index in [1.807, 2.05) is 0 Å². The average Bonchev–Trinajstić information content (AvgIpc) is 3.38. The molecule has 2 saturated heterocycles. The first-order chi connectivity index (χ1) is 13.2. The van der Waals surface area contributed by atoms with Crippen LogP contribution in [0.3, 0.4) is 0 Å². The summed E-state index contributed by atoms with van der Waals surface area (Å²) >= 11 is 0. The van der Waals surface area contributed by atoms with Crippen LogP contribution in [0.25, 0.3) is 0 Å². The van der Waals surface area contributed by atoms with Crippen molar-refractivity contribution in [2.75, 3.05) is 18.1 Å². The molecule has 156 valence electrons. The Hall–Kier alpha value is -1.64. The number of nitrogens with zero attached hydrogens (tertiary/aromatic N) is 2. The molecule has 2 aliphatic carbocycles. The van der Waals surface area contributed by atoms with Crippen molar-refractivity contribution < 1.29 is 22.8 Å². The van der Waals surface area contributed by atoms with Crippen molar-refractivity contribution in [3.63, 3.8) is 0 Å². The van der Waals surface area contributed by atoms with Crippen molar-refractivity contribution in [1.82, 2.24) is 15.1 Å². The number of amides is 4. The molecule has 4 fully saturated rings. The number of sulfone groups is 1. The van der Waals surface area contributed by atoms with Gasteiger partial charge in [0.05, 0.1) is 11.5 Å². The van der Waals surface area contributed by atoms with Crippen LogP contribution in [-0.4, -0.2) is 71.7 Å². The smallest absolute Gasteiger partial charge is 0.325 e. The fourth-order valence-corrected chi connectivity index (χ4v) is 6.72. The van der Waals surface area contributed by atoms with Crippen molar-refractivity contribution in [2.24, 2.45) is 5.92 Å². The fourth-order valence-electron chi connectivity index (χ4n) is 5.01. The van der Waals surface area contributed by atoms with Crippen LogP contribution in [0.5, 0.6) is 0 Å². The summed E-state index contributed by atoms with van der Waals surface area (Å²) in [4.78, 5) is 41.2. The normalized spacial score (nSPS) is 34.7. The number of carbonyl (C=O) groups is 3. The fraction of sp³-hybridized carbons (Fsp3) is 0.842. The molecular weight excluding hydrogens is 382 g/mol. The SMILES string of the molecule is CCC1CCC2(CC1)NC(=O)N(CC(=O)N(C1CC1)[C@H]1CCS(=O)(=O)C1)C2=O. The van der Waals surface area contributed by atoms with E-state index in [1.54, 1.807) is 4.90 Å². The van der Waals surface area contributed by atoms with Crippen molar-refractivity contribution in [2.45, 2.75) is 75.9 Å². The predicted octanol–water partition coefficient (Wildman–Crippen LogP) is 1.06. The standard InChI is InChI=1S/C19H29N3O5S/c1-2-13-5-8-19(9-6-13)17(24)21(18(25)20-19)11-16(23)22(14-3-4-14)15-7-10-28(26,27)12-15/h13-15H,2-12H2,1H3,(H,20,25)/t13?,15-,19?/m0/s1. The summed E-state index contributed by atoms with van der Waals surface area (Å²) in [7, 11) is -3.11. The van der Waals surface area contributed by atoms with E-state index in [0.29, 0.717) is 25.2 Å². The highest BCUT2D eigenvalue weighted by Crippen LogP contribution is 2.38. The van der Waals surface area contributed by atoms with Gasteiger partial charge in [-0.1, -0.05) is 13.3 Å².